The van der Waals surface area contributed by atoms with Crippen molar-refractivity contribution in [3.05, 3.63) is 20.8 Å². The van der Waals surface area contributed by atoms with Crippen LogP contribution in [0, 0.1) is 12.3 Å². The minimum absolute atomic E-state index is 0.0459. The van der Waals surface area contributed by atoms with Crippen molar-refractivity contribution >= 4 is 22.9 Å². The van der Waals surface area contributed by atoms with Gasteiger partial charge in [-0.25, -0.2) is 9.36 Å². The lowest BCUT2D eigenvalue weighted by Crippen LogP contribution is -2.32. The zero-order valence-electron chi connectivity index (χ0n) is 13.4. The molecule has 25 heavy (non-hydrogen) atoms. The van der Waals surface area contributed by atoms with E-state index in [0.29, 0.717) is 0 Å². The number of carbonyl (C=O) groups excluding carboxylic acids is 1. The summed E-state index contributed by atoms with van der Waals surface area (Å²) in [4.78, 5) is 43.1. The highest BCUT2D eigenvalue weighted by molar-refractivity contribution is 5.83. The molecule has 10 nitrogen and oxygen atoms in total. The Morgan fingerprint density at radius 2 is 2.28 bits per heavy atom. The van der Waals surface area contributed by atoms with E-state index in [1.54, 1.807) is 6.92 Å². The molecule has 0 aliphatic carbocycles. The van der Waals surface area contributed by atoms with Crippen LogP contribution in [0.1, 0.15) is 26.0 Å². The van der Waals surface area contributed by atoms with Gasteiger partial charge in [0.2, 0.25) is 5.95 Å². The Balaban J connectivity index is 2.22. The number of hydrogen-bond donors (Lipinski definition) is 3. The number of fused-ring (bicyclic) bond motifs is 1. The van der Waals surface area contributed by atoms with Crippen LogP contribution in [-0.4, -0.2) is 42.2 Å². The third-order valence-electron chi connectivity index (χ3n) is 4.13. The van der Waals surface area contributed by atoms with Crippen LogP contribution in [0.4, 0.5) is 5.95 Å². The lowest BCUT2D eigenvalue weighted by atomic mass is 10.1. The SMILES string of the molecule is C#CCn1c(=O)n([C@@H]2O[C@H](C(=O)CC)C[C@H]2O)c2nc(N)[nH]c(=O)c21. The maximum absolute atomic E-state index is 12.7. The summed E-state index contributed by atoms with van der Waals surface area (Å²) in [6, 6.07) is 0. The number of rotatable bonds is 4. The Morgan fingerprint density at radius 1 is 1.56 bits per heavy atom. The molecule has 0 amide bonds. The summed E-state index contributed by atoms with van der Waals surface area (Å²) in [6.07, 6.45) is 2.44. The molecular formula is C15H17N5O5. The smallest absolute Gasteiger partial charge is 0.333 e. The minimum Gasteiger partial charge on any atom is -0.388 e. The average Bonchev–Trinajstić information content (AvgIpc) is 3.05. The molecule has 0 unspecified atom stereocenters. The Labute approximate surface area is 141 Å². The number of ketones is 1. The zero-order valence-corrected chi connectivity index (χ0v) is 13.4. The fraction of sp³-hybridized carbons (Fsp3) is 0.467. The van der Waals surface area contributed by atoms with Gasteiger partial charge < -0.3 is 15.6 Å². The van der Waals surface area contributed by atoms with Crippen LogP contribution in [-0.2, 0) is 16.1 Å². The monoisotopic (exact) mass is 347 g/mol. The normalized spacial score (nSPS) is 23.0. The van der Waals surface area contributed by atoms with Gasteiger partial charge in [-0.05, 0) is 0 Å². The van der Waals surface area contributed by atoms with Crippen molar-refractivity contribution in [2.75, 3.05) is 5.73 Å². The first-order valence-electron chi connectivity index (χ1n) is 7.69. The molecule has 3 rings (SSSR count). The van der Waals surface area contributed by atoms with Crippen LogP contribution in [0.2, 0.25) is 0 Å². The van der Waals surface area contributed by atoms with Gasteiger partial charge in [0.25, 0.3) is 5.56 Å². The second kappa shape index (κ2) is 6.19. The highest BCUT2D eigenvalue weighted by Gasteiger charge is 2.40. The summed E-state index contributed by atoms with van der Waals surface area (Å²) in [7, 11) is 0. The Morgan fingerprint density at radius 3 is 2.92 bits per heavy atom. The van der Waals surface area contributed by atoms with Crippen molar-refractivity contribution in [1.29, 1.82) is 0 Å². The van der Waals surface area contributed by atoms with E-state index in [4.69, 9.17) is 16.9 Å². The highest BCUT2D eigenvalue weighted by Crippen LogP contribution is 2.30. The standard InChI is InChI=1S/C15H17N5O5/c1-3-5-19-10-11(17-14(16)18-12(10)23)20(15(19)24)13-8(22)6-9(25-13)7(21)4-2/h1,8-9,13,22H,4-6H2,2H3,(H3,16,17,18,23)/t8-,9+,13-/m1/s1. The number of aliphatic hydroxyl groups excluding tert-OH is 1. The Kier molecular flexibility index (Phi) is 4.20. The number of nitrogens with one attached hydrogen (secondary N) is 1. The number of aromatic nitrogens is 4. The number of nitrogen functional groups attached to an aromatic ring is 1. The Bertz CT molecular complexity index is 995. The maximum Gasteiger partial charge on any atom is 0.333 e. The summed E-state index contributed by atoms with van der Waals surface area (Å²) in [5.41, 5.74) is 4.12. The first-order chi connectivity index (χ1) is 11.9. The summed E-state index contributed by atoms with van der Waals surface area (Å²) < 4.78 is 7.64. The van der Waals surface area contributed by atoms with Gasteiger partial charge in [0.05, 0.1) is 6.54 Å². The van der Waals surface area contributed by atoms with E-state index in [1.165, 1.54) is 0 Å². The average molecular weight is 347 g/mol. The molecule has 0 aromatic carbocycles. The number of carbonyl (C=O) groups is 1. The van der Waals surface area contributed by atoms with Crippen LogP contribution >= 0.6 is 0 Å². The van der Waals surface area contributed by atoms with Crippen molar-refractivity contribution in [1.82, 2.24) is 19.1 Å². The highest BCUT2D eigenvalue weighted by atomic mass is 16.5. The number of nitrogens with zero attached hydrogens (tertiary/aromatic N) is 3. The molecule has 3 heterocycles. The summed E-state index contributed by atoms with van der Waals surface area (Å²) in [5.74, 6) is 1.91. The van der Waals surface area contributed by atoms with E-state index in [9.17, 15) is 19.5 Å². The van der Waals surface area contributed by atoms with Gasteiger partial charge in [0.1, 0.15) is 12.2 Å². The van der Waals surface area contributed by atoms with Gasteiger partial charge in [-0.3, -0.25) is 19.1 Å². The minimum atomic E-state index is -1.16. The zero-order chi connectivity index (χ0) is 18.3. The molecular weight excluding hydrogens is 330 g/mol. The number of anilines is 1. The van der Waals surface area contributed by atoms with Crippen molar-refractivity contribution in [3.8, 4) is 12.3 Å². The molecule has 0 spiro atoms. The lowest BCUT2D eigenvalue weighted by molar-refractivity contribution is -0.132. The number of hydrogen-bond acceptors (Lipinski definition) is 7. The van der Waals surface area contributed by atoms with E-state index in [2.05, 4.69) is 15.9 Å². The number of ether oxygens (including phenoxy) is 1. The van der Waals surface area contributed by atoms with Crippen molar-refractivity contribution in [2.24, 2.45) is 0 Å². The fourth-order valence-corrected chi connectivity index (χ4v) is 2.99. The summed E-state index contributed by atoms with van der Waals surface area (Å²) in [5, 5.41) is 10.3. The fourth-order valence-electron chi connectivity index (χ4n) is 2.99. The van der Waals surface area contributed by atoms with Crippen LogP contribution in [0.25, 0.3) is 11.2 Å². The van der Waals surface area contributed by atoms with E-state index in [1.807, 2.05) is 0 Å². The van der Waals surface area contributed by atoms with Gasteiger partial charge in [-0.2, -0.15) is 4.98 Å². The molecule has 1 fully saturated rings. The van der Waals surface area contributed by atoms with E-state index in [0.717, 1.165) is 9.13 Å². The third-order valence-corrected chi connectivity index (χ3v) is 4.13. The van der Waals surface area contributed by atoms with Crippen molar-refractivity contribution in [3.63, 3.8) is 0 Å². The molecule has 0 bridgehead atoms. The van der Waals surface area contributed by atoms with Crippen LogP contribution in [0.15, 0.2) is 9.59 Å². The van der Waals surface area contributed by atoms with Gasteiger partial charge in [-0.1, -0.05) is 12.8 Å². The van der Waals surface area contributed by atoms with Gasteiger partial charge in [0.15, 0.2) is 23.2 Å². The summed E-state index contributed by atoms with van der Waals surface area (Å²) >= 11 is 0. The maximum atomic E-state index is 12.7. The van der Waals surface area contributed by atoms with E-state index in [-0.39, 0.29) is 42.3 Å². The first kappa shape index (κ1) is 16.9. The van der Waals surface area contributed by atoms with Crippen molar-refractivity contribution in [2.45, 2.75) is 44.7 Å². The van der Waals surface area contributed by atoms with Crippen molar-refractivity contribution < 1.29 is 14.6 Å². The third kappa shape index (κ3) is 2.63. The Hall–Kier alpha value is -2.90. The molecule has 1 aliphatic rings. The molecule has 0 radical (unpaired) electrons. The molecule has 0 saturated carbocycles. The predicted octanol–water partition coefficient (Wildman–Crippen LogP) is -1.27. The largest absolute Gasteiger partial charge is 0.388 e. The second-order valence-electron chi connectivity index (χ2n) is 5.70. The molecule has 10 heteroatoms. The second-order valence-corrected chi connectivity index (χ2v) is 5.70. The first-order valence-corrected chi connectivity index (χ1v) is 7.69. The van der Waals surface area contributed by atoms with E-state index < -0.39 is 29.7 Å². The van der Waals surface area contributed by atoms with Crippen LogP contribution in [0.3, 0.4) is 0 Å². The summed E-state index contributed by atoms with van der Waals surface area (Å²) in [6.45, 7) is 1.51. The molecule has 3 atom stereocenters. The molecule has 132 valence electrons. The molecule has 1 saturated heterocycles. The van der Waals surface area contributed by atoms with Crippen LogP contribution < -0.4 is 17.0 Å². The number of Topliss-reactive ketones (excluding diaryl/α,β-unsaturated/α-hetero) is 1. The number of H-pyrrole nitrogens is 1. The van der Waals surface area contributed by atoms with Gasteiger partial charge in [-0.15, -0.1) is 6.42 Å². The van der Waals surface area contributed by atoms with Gasteiger partial charge in [0, 0.05) is 12.8 Å². The number of aromatic amines is 1. The molecule has 2 aromatic heterocycles. The van der Waals surface area contributed by atoms with E-state index >= 15 is 0 Å². The van der Waals surface area contributed by atoms with Gasteiger partial charge >= 0.3 is 5.69 Å². The number of nitrogens with two attached hydrogens (primary N) is 1. The number of aliphatic hydroxyl groups is 1. The lowest BCUT2D eigenvalue weighted by Gasteiger charge is -2.15. The topological polar surface area (TPSA) is 145 Å². The number of imidazole rings is 1. The molecule has 1 aliphatic heterocycles. The predicted molar refractivity (Wildman–Crippen MR) is 87.7 cm³/mol. The number of terminal acetylenes is 1. The molecule has 4 N–H and O–H groups in total. The van der Waals surface area contributed by atoms with Crippen LogP contribution in [0.5, 0.6) is 0 Å². The quantitative estimate of drug-likeness (QED) is 0.585. The molecule has 2 aromatic rings.